The summed E-state index contributed by atoms with van der Waals surface area (Å²) < 4.78 is 38.7. The first kappa shape index (κ1) is 14.3. The molecule has 0 aliphatic heterocycles. The van der Waals surface area contributed by atoms with Crippen LogP contribution in [-0.4, -0.2) is 20.0 Å². The standard InChI is InChI=1S/C12H14F3N5/c1-3-9-8(7-20(2)19-9)6-16-11-5-4-10(17-18-11)12(13,14)15/h4-5,7H,3,6H2,1-2H3,(H,16,18). The van der Waals surface area contributed by atoms with Gasteiger partial charge in [-0.15, -0.1) is 10.2 Å². The van der Waals surface area contributed by atoms with Crippen LogP contribution in [0.4, 0.5) is 19.0 Å². The second-order valence-corrected chi connectivity index (χ2v) is 4.28. The Labute approximate surface area is 113 Å². The molecule has 1 N–H and O–H groups in total. The number of hydrogen-bond donors (Lipinski definition) is 1. The lowest BCUT2D eigenvalue weighted by Gasteiger charge is -2.07. The van der Waals surface area contributed by atoms with Gasteiger partial charge in [-0.1, -0.05) is 6.92 Å². The van der Waals surface area contributed by atoms with Crippen molar-refractivity contribution in [1.29, 1.82) is 0 Å². The Kier molecular flexibility index (Phi) is 3.91. The van der Waals surface area contributed by atoms with E-state index < -0.39 is 11.9 Å². The van der Waals surface area contributed by atoms with Crippen LogP contribution >= 0.6 is 0 Å². The lowest BCUT2D eigenvalue weighted by molar-refractivity contribution is -0.141. The molecule has 0 radical (unpaired) electrons. The first-order valence-electron chi connectivity index (χ1n) is 6.06. The van der Waals surface area contributed by atoms with E-state index in [1.54, 1.807) is 4.68 Å². The summed E-state index contributed by atoms with van der Waals surface area (Å²) in [5.41, 5.74) is 0.926. The van der Waals surface area contributed by atoms with Gasteiger partial charge in [0.25, 0.3) is 0 Å². The van der Waals surface area contributed by atoms with E-state index >= 15 is 0 Å². The van der Waals surface area contributed by atoms with Gasteiger partial charge in [0.15, 0.2) is 5.69 Å². The van der Waals surface area contributed by atoms with Gasteiger partial charge < -0.3 is 5.32 Å². The van der Waals surface area contributed by atoms with Crippen molar-refractivity contribution in [2.24, 2.45) is 7.05 Å². The SMILES string of the molecule is CCc1nn(C)cc1CNc1ccc(C(F)(F)F)nn1. The maximum atomic E-state index is 12.3. The predicted octanol–water partition coefficient (Wildman–Crippen LogP) is 2.40. The van der Waals surface area contributed by atoms with Crippen LogP contribution in [0.25, 0.3) is 0 Å². The van der Waals surface area contributed by atoms with E-state index in [0.29, 0.717) is 12.4 Å². The third kappa shape index (κ3) is 3.25. The van der Waals surface area contributed by atoms with E-state index in [1.165, 1.54) is 6.07 Å². The second kappa shape index (κ2) is 5.48. The van der Waals surface area contributed by atoms with Crippen LogP contribution in [-0.2, 0) is 26.2 Å². The number of rotatable bonds is 4. The lowest BCUT2D eigenvalue weighted by atomic mass is 10.2. The molecule has 108 valence electrons. The quantitative estimate of drug-likeness (QED) is 0.937. The fraction of sp³-hybridized carbons (Fsp3) is 0.417. The van der Waals surface area contributed by atoms with Crippen molar-refractivity contribution in [3.05, 3.63) is 35.3 Å². The van der Waals surface area contributed by atoms with Gasteiger partial charge in [-0.2, -0.15) is 18.3 Å². The highest BCUT2D eigenvalue weighted by atomic mass is 19.4. The van der Waals surface area contributed by atoms with Crippen LogP contribution in [0.3, 0.4) is 0 Å². The van der Waals surface area contributed by atoms with Gasteiger partial charge in [-0.25, -0.2) is 0 Å². The van der Waals surface area contributed by atoms with Crippen molar-refractivity contribution in [2.75, 3.05) is 5.32 Å². The predicted molar refractivity (Wildman–Crippen MR) is 66.9 cm³/mol. The van der Waals surface area contributed by atoms with E-state index in [-0.39, 0.29) is 0 Å². The zero-order valence-electron chi connectivity index (χ0n) is 11.1. The highest BCUT2D eigenvalue weighted by molar-refractivity contribution is 5.35. The molecule has 0 spiro atoms. The Balaban J connectivity index is 2.04. The lowest BCUT2D eigenvalue weighted by Crippen LogP contribution is -2.10. The molecule has 2 rings (SSSR count). The summed E-state index contributed by atoms with van der Waals surface area (Å²) >= 11 is 0. The fourth-order valence-corrected chi connectivity index (χ4v) is 1.79. The summed E-state index contributed by atoms with van der Waals surface area (Å²) in [6.45, 7) is 2.43. The average molecular weight is 285 g/mol. The molecule has 0 atom stereocenters. The Bertz CT molecular complexity index is 574. The first-order valence-corrected chi connectivity index (χ1v) is 6.06. The molecular weight excluding hydrogens is 271 g/mol. The van der Waals surface area contributed by atoms with Gasteiger partial charge in [-0.3, -0.25) is 4.68 Å². The van der Waals surface area contributed by atoms with Gasteiger partial charge in [0.2, 0.25) is 0 Å². The van der Waals surface area contributed by atoms with E-state index in [9.17, 15) is 13.2 Å². The van der Waals surface area contributed by atoms with Crippen molar-refractivity contribution in [1.82, 2.24) is 20.0 Å². The van der Waals surface area contributed by atoms with Gasteiger partial charge >= 0.3 is 6.18 Å². The maximum absolute atomic E-state index is 12.3. The zero-order chi connectivity index (χ0) is 14.8. The molecule has 0 aromatic carbocycles. The molecule has 2 aromatic rings. The normalized spacial score (nSPS) is 11.7. The van der Waals surface area contributed by atoms with Crippen LogP contribution in [0.1, 0.15) is 23.9 Å². The third-order valence-electron chi connectivity index (χ3n) is 2.74. The average Bonchev–Trinajstić information content (AvgIpc) is 2.76. The fourth-order valence-electron chi connectivity index (χ4n) is 1.79. The van der Waals surface area contributed by atoms with Gasteiger partial charge in [0.1, 0.15) is 5.82 Å². The van der Waals surface area contributed by atoms with Crippen LogP contribution in [0.5, 0.6) is 0 Å². The summed E-state index contributed by atoms with van der Waals surface area (Å²) in [5.74, 6) is 0.295. The van der Waals surface area contributed by atoms with Crippen molar-refractivity contribution < 1.29 is 13.2 Å². The minimum Gasteiger partial charge on any atom is -0.364 e. The molecule has 20 heavy (non-hydrogen) atoms. The van der Waals surface area contributed by atoms with Crippen LogP contribution in [0.2, 0.25) is 0 Å². The van der Waals surface area contributed by atoms with E-state index in [4.69, 9.17) is 0 Å². The molecular formula is C12H14F3N5. The third-order valence-corrected chi connectivity index (χ3v) is 2.74. The first-order chi connectivity index (χ1) is 9.40. The molecule has 0 bridgehead atoms. The minimum atomic E-state index is -4.47. The number of nitrogens with zero attached hydrogens (tertiary/aromatic N) is 4. The van der Waals surface area contributed by atoms with Gasteiger partial charge in [0, 0.05) is 25.4 Å². The van der Waals surface area contributed by atoms with Gasteiger partial charge in [0.05, 0.1) is 5.69 Å². The molecule has 8 heteroatoms. The highest BCUT2D eigenvalue weighted by Gasteiger charge is 2.32. The largest absolute Gasteiger partial charge is 0.435 e. The summed E-state index contributed by atoms with van der Waals surface area (Å²) in [6.07, 6.45) is -1.82. The Morgan fingerprint density at radius 2 is 2.00 bits per heavy atom. The monoisotopic (exact) mass is 285 g/mol. The summed E-state index contributed by atoms with van der Waals surface area (Å²) in [5, 5.41) is 13.9. The van der Waals surface area contributed by atoms with E-state index in [2.05, 4.69) is 20.6 Å². The summed E-state index contributed by atoms with van der Waals surface area (Å²) in [4.78, 5) is 0. The topological polar surface area (TPSA) is 55.6 Å². The Morgan fingerprint density at radius 3 is 2.55 bits per heavy atom. The number of anilines is 1. The molecule has 2 aromatic heterocycles. The number of alkyl halides is 3. The highest BCUT2D eigenvalue weighted by Crippen LogP contribution is 2.27. The molecule has 0 amide bonds. The molecule has 0 fully saturated rings. The molecule has 0 unspecified atom stereocenters. The molecule has 0 saturated carbocycles. The van der Waals surface area contributed by atoms with Crippen LogP contribution in [0, 0.1) is 0 Å². The molecule has 0 aliphatic rings. The number of aryl methyl sites for hydroxylation is 2. The molecule has 5 nitrogen and oxygen atoms in total. The zero-order valence-corrected chi connectivity index (χ0v) is 11.1. The molecule has 2 heterocycles. The summed E-state index contributed by atoms with van der Waals surface area (Å²) in [6, 6.07) is 2.16. The number of hydrogen-bond acceptors (Lipinski definition) is 4. The number of halogens is 3. The molecule has 0 aliphatic carbocycles. The Hall–Kier alpha value is -2.12. The summed E-state index contributed by atoms with van der Waals surface area (Å²) in [7, 11) is 1.82. The van der Waals surface area contributed by atoms with Crippen LogP contribution in [0.15, 0.2) is 18.3 Å². The number of nitrogens with one attached hydrogen (secondary N) is 1. The van der Waals surface area contributed by atoms with Crippen molar-refractivity contribution >= 4 is 5.82 Å². The maximum Gasteiger partial charge on any atom is 0.435 e. The van der Waals surface area contributed by atoms with Crippen LogP contribution < -0.4 is 5.32 Å². The minimum absolute atomic E-state index is 0.295. The second-order valence-electron chi connectivity index (χ2n) is 4.28. The van der Waals surface area contributed by atoms with E-state index in [0.717, 1.165) is 23.7 Å². The van der Waals surface area contributed by atoms with Crippen molar-refractivity contribution in [2.45, 2.75) is 26.1 Å². The van der Waals surface area contributed by atoms with Crippen molar-refractivity contribution in [3.63, 3.8) is 0 Å². The van der Waals surface area contributed by atoms with E-state index in [1.807, 2.05) is 20.2 Å². The van der Waals surface area contributed by atoms with Crippen molar-refractivity contribution in [3.8, 4) is 0 Å². The molecule has 0 saturated heterocycles. The van der Waals surface area contributed by atoms with Gasteiger partial charge in [-0.05, 0) is 18.6 Å². The smallest absolute Gasteiger partial charge is 0.364 e. The Morgan fingerprint density at radius 1 is 1.25 bits per heavy atom. The number of aromatic nitrogens is 4.